The van der Waals surface area contributed by atoms with E-state index in [-0.39, 0.29) is 0 Å². The highest BCUT2D eigenvalue weighted by Gasteiger charge is 2.12. The van der Waals surface area contributed by atoms with Crippen molar-refractivity contribution in [2.45, 2.75) is 39.3 Å². The molecule has 0 aromatic heterocycles. The molecule has 0 aliphatic carbocycles. The van der Waals surface area contributed by atoms with E-state index in [9.17, 15) is 0 Å². The van der Waals surface area contributed by atoms with E-state index in [1.165, 1.54) is 11.1 Å². The predicted octanol–water partition coefficient (Wildman–Crippen LogP) is 4.83. The first-order chi connectivity index (χ1) is 8.17. The Morgan fingerprint density at radius 3 is 1.94 bits per heavy atom. The second kappa shape index (κ2) is 5.73. The van der Waals surface area contributed by atoms with Crippen molar-refractivity contribution in [1.29, 1.82) is 0 Å². The maximum atomic E-state index is 3.49. The Labute approximate surface area is 114 Å². The first kappa shape index (κ1) is 15.0. The van der Waals surface area contributed by atoms with Gasteiger partial charge >= 0.3 is 0 Å². The minimum Gasteiger partial charge on any atom is -0.127 e. The van der Waals surface area contributed by atoms with Crippen LogP contribution in [0.4, 0.5) is 0 Å². The van der Waals surface area contributed by atoms with Gasteiger partial charge in [-0.15, -0.1) is 5.54 Å². The molecule has 0 unspecified atom stereocenters. The Morgan fingerprint density at radius 2 is 1.50 bits per heavy atom. The molecule has 0 nitrogen and oxygen atoms in total. The highest BCUT2D eigenvalue weighted by atomic mass is 28.3. The number of benzene rings is 1. The van der Waals surface area contributed by atoms with Crippen LogP contribution in [0.15, 0.2) is 36.0 Å². The van der Waals surface area contributed by atoms with Gasteiger partial charge < -0.3 is 0 Å². The van der Waals surface area contributed by atoms with Crippen molar-refractivity contribution < 1.29 is 0 Å². The van der Waals surface area contributed by atoms with Gasteiger partial charge in [-0.3, -0.25) is 0 Å². The summed E-state index contributed by atoms with van der Waals surface area (Å²) >= 11 is 0. The van der Waals surface area contributed by atoms with E-state index in [4.69, 9.17) is 0 Å². The summed E-state index contributed by atoms with van der Waals surface area (Å²) in [6, 6.07) is 10.5. The standard InChI is InChI=1S/C16H24Si2/c1-17(2,3)13-12-16(14-18(4,5)6)15-10-8-7-9-11-15/h7-11,14H,1-6H3/b16-14+. The SMILES string of the molecule is C[Si](C)(C)C#C/C(=C\[Si](C)(C)C)c1ccccc1. The average Bonchev–Trinajstić information content (AvgIpc) is 2.23. The van der Waals surface area contributed by atoms with E-state index < -0.39 is 16.1 Å². The summed E-state index contributed by atoms with van der Waals surface area (Å²) in [5.74, 6) is 3.44. The summed E-state index contributed by atoms with van der Waals surface area (Å²) in [6.45, 7) is 13.9. The lowest BCUT2D eigenvalue weighted by molar-refractivity contribution is 1.63. The van der Waals surface area contributed by atoms with Crippen LogP contribution < -0.4 is 0 Å². The van der Waals surface area contributed by atoms with Gasteiger partial charge in [-0.25, -0.2) is 0 Å². The first-order valence-corrected chi connectivity index (χ1v) is 13.6. The zero-order chi connectivity index (χ0) is 13.8. The quantitative estimate of drug-likeness (QED) is 0.534. The van der Waals surface area contributed by atoms with Crippen molar-refractivity contribution in [1.82, 2.24) is 0 Å². The molecule has 1 rings (SSSR count). The van der Waals surface area contributed by atoms with Crippen LogP contribution in [0.2, 0.25) is 39.3 Å². The maximum absolute atomic E-state index is 3.49. The fraction of sp³-hybridized carbons (Fsp3) is 0.375. The summed E-state index contributed by atoms with van der Waals surface area (Å²) in [4.78, 5) is 0. The van der Waals surface area contributed by atoms with Crippen LogP contribution in [-0.4, -0.2) is 16.1 Å². The van der Waals surface area contributed by atoms with Gasteiger partial charge in [-0.1, -0.05) is 81.2 Å². The average molecular weight is 273 g/mol. The van der Waals surface area contributed by atoms with Crippen molar-refractivity contribution in [3.05, 3.63) is 41.6 Å². The summed E-state index contributed by atoms with van der Waals surface area (Å²) in [6.07, 6.45) is 0. The Morgan fingerprint density at radius 1 is 0.944 bits per heavy atom. The molecular formula is C16H24Si2. The third-order valence-corrected chi connectivity index (χ3v) is 4.26. The smallest absolute Gasteiger partial charge is 0.127 e. The molecular weight excluding hydrogens is 248 g/mol. The Kier molecular flexibility index (Phi) is 4.78. The monoisotopic (exact) mass is 272 g/mol. The van der Waals surface area contributed by atoms with Gasteiger partial charge in [0.15, 0.2) is 0 Å². The molecule has 0 saturated heterocycles. The number of allylic oxidation sites excluding steroid dienone is 1. The molecule has 2 heteroatoms. The molecule has 0 spiro atoms. The summed E-state index contributed by atoms with van der Waals surface area (Å²) in [5.41, 5.74) is 8.37. The molecule has 0 saturated carbocycles. The van der Waals surface area contributed by atoms with E-state index in [1.807, 2.05) is 0 Å². The summed E-state index contributed by atoms with van der Waals surface area (Å²) < 4.78 is 0. The predicted molar refractivity (Wildman–Crippen MR) is 88.9 cm³/mol. The zero-order valence-corrected chi connectivity index (χ0v) is 14.5. The number of rotatable bonds is 2. The highest BCUT2D eigenvalue weighted by Crippen LogP contribution is 2.17. The van der Waals surface area contributed by atoms with E-state index in [0.717, 1.165) is 0 Å². The van der Waals surface area contributed by atoms with E-state index in [2.05, 4.69) is 86.8 Å². The van der Waals surface area contributed by atoms with Crippen LogP contribution >= 0.6 is 0 Å². The van der Waals surface area contributed by atoms with Gasteiger partial charge in [0, 0.05) is 5.57 Å². The molecule has 96 valence electrons. The zero-order valence-electron chi connectivity index (χ0n) is 12.5. The molecule has 18 heavy (non-hydrogen) atoms. The minimum absolute atomic E-state index is 1.22. The molecule has 0 radical (unpaired) electrons. The van der Waals surface area contributed by atoms with Gasteiger partial charge in [0.05, 0.1) is 8.07 Å². The lowest BCUT2D eigenvalue weighted by Gasteiger charge is -2.12. The molecule has 0 bridgehead atoms. The molecule has 0 amide bonds. The number of hydrogen-bond donors (Lipinski definition) is 0. The van der Waals surface area contributed by atoms with Crippen molar-refractivity contribution in [2.75, 3.05) is 0 Å². The van der Waals surface area contributed by atoms with E-state index >= 15 is 0 Å². The molecule has 1 aromatic carbocycles. The maximum Gasteiger partial charge on any atom is 0.129 e. The van der Waals surface area contributed by atoms with Gasteiger partial charge in [-0.05, 0) is 5.56 Å². The van der Waals surface area contributed by atoms with Crippen molar-refractivity contribution >= 4 is 21.7 Å². The Hall–Kier alpha value is -1.05. The van der Waals surface area contributed by atoms with Crippen molar-refractivity contribution in [3.63, 3.8) is 0 Å². The van der Waals surface area contributed by atoms with Crippen LogP contribution in [-0.2, 0) is 0 Å². The van der Waals surface area contributed by atoms with E-state index in [1.54, 1.807) is 0 Å². The van der Waals surface area contributed by atoms with Crippen LogP contribution in [0.1, 0.15) is 5.56 Å². The Balaban J connectivity index is 3.20. The van der Waals surface area contributed by atoms with Crippen LogP contribution in [0.25, 0.3) is 5.57 Å². The molecule has 0 fully saturated rings. The molecule has 0 aliphatic heterocycles. The second-order valence-electron chi connectivity index (χ2n) is 6.79. The van der Waals surface area contributed by atoms with Gasteiger partial charge in [-0.2, -0.15) is 0 Å². The van der Waals surface area contributed by atoms with E-state index in [0.29, 0.717) is 0 Å². The largest absolute Gasteiger partial charge is 0.129 e. The minimum atomic E-state index is -1.31. The van der Waals surface area contributed by atoms with Crippen molar-refractivity contribution in [2.24, 2.45) is 0 Å². The normalized spacial score (nSPS) is 12.9. The molecule has 0 aliphatic rings. The Bertz CT molecular complexity index is 474. The van der Waals surface area contributed by atoms with Gasteiger partial charge in [0.1, 0.15) is 8.07 Å². The van der Waals surface area contributed by atoms with Gasteiger partial charge in [0.2, 0.25) is 0 Å². The first-order valence-electron chi connectivity index (χ1n) is 6.49. The fourth-order valence-electron chi connectivity index (χ4n) is 1.50. The molecule has 0 atom stereocenters. The topological polar surface area (TPSA) is 0 Å². The lowest BCUT2D eigenvalue weighted by Crippen LogP contribution is -2.18. The molecule has 1 aromatic rings. The lowest BCUT2D eigenvalue weighted by atomic mass is 10.1. The third-order valence-electron chi connectivity index (χ3n) is 2.23. The summed E-state index contributed by atoms with van der Waals surface area (Å²) in [5, 5.41) is 0. The van der Waals surface area contributed by atoms with Crippen molar-refractivity contribution in [3.8, 4) is 11.5 Å². The van der Waals surface area contributed by atoms with Crippen LogP contribution in [0.3, 0.4) is 0 Å². The van der Waals surface area contributed by atoms with Crippen LogP contribution in [0.5, 0.6) is 0 Å². The third kappa shape index (κ3) is 6.04. The molecule has 0 N–H and O–H groups in total. The van der Waals surface area contributed by atoms with Gasteiger partial charge in [0.25, 0.3) is 0 Å². The fourth-order valence-corrected chi connectivity index (χ4v) is 3.11. The molecule has 0 heterocycles. The second-order valence-corrected chi connectivity index (χ2v) is 16.6. The highest BCUT2D eigenvalue weighted by molar-refractivity contribution is 6.84. The number of hydrogen-bond acceptors (Lipinski definition) is 0. The van der Waals surface area contributed by atoms with Crippen LogP contribution in [0, 0.1) is 11.5 Å². The summed E-state index contributed by atoms with van der Waals surface area (Å²) in [7, 11) is -2.56.